The number of unbranched alkanes of at least 4 members (excludes halogenated alkanes) is 18. The van der Waals surface area contributed by atoms with E-state index in [2.05, 4.69) is 20.8 Å². The van der Waals surface area contributed by atoms with Crippen molar-refractivity contribution in [1.29, 1.82) is 0 Å². The smallest absolute Gasteiger partial charge is 0.309 e. The van der Waals surface area contributed by atoms with Gasteiger partial charge in [-0.05, 0) is 18.8 Å². The van der Waals surface area contributed by atoms with Gasteiger partial charge in [0.25, 0.3) is 0 Å². The number of carbonyl (C=O) groups excluding carboxylic acids is 1. The molecule has 222 valence electrons. The maximum Gasteiger partial charge on any atom is 0.309 e. The first-order valence-electron chi connectivity index (χ1n) is 16.5. The number of rotatable bonds is 29. The molecule has 0 aromatic heterocycles. The van der Waals surface area contributed by atoms with Gasteiger partial charge in [0.15, 0.2) is 0 Å². The van der Waals surface area contributed by atoms with Gasteiger partial charge in [-0.2, -0.15) is 0 Å². The van der Waals surface area contributed by atoms with Crippen LogP contribution in [0.4, 0.5) is 0 Å². The molecule has 0 amide bonds. The fourth-order valence-corrected chi connectivity index (χ4v) is 5.36. The number of hydrogen-bond donors (Lipinski definition) is 2. The van der Waals surface area contributed by atoms with Gasteiger partial charge in [-0.15, -0.1) is 0 Å². The minimum Gasteiger partial charge on any atom is -0.463 e. The normalized spacial score (nSPS) is 14.0. The SMILES string of the molecule is CCCCCCCCCCCCCCCCCCCCC(CC(CC)CCCC)C(=O)OCC(O)CO. The van der Waals surface area contributed by atoms with E-state index in [0.29, 0.717) is 5.92 Å². The lowest BCUT2D eigenvalue weighted by Crippen LogP contribution is -2.27. The van der Waals surface area contributed by atoms with Gasteiger partial charge in [-0.25, -0.2) is 0 Å². The van der Waals surface area contributed by atoms with Crippen LogP contribution < -0.4 is 0 Å². The highest BCUT2D eigenvalue weighted by molar-refractivity contribution is 5.72. The minimum atomic E-state index is -0.975. The first kappa shape index (κ1) is 36.4. The van der Waals surface area contributed by atoms with Crippen LogP contribution in [0.2, 0.25) is 0 Å². The van der Waals surface area contributed by atoms with Crippen LogP contribution in [-0.4, -0.2) is 35.5 Å². The van der Waals surface area contributed by atoms with Crippen molar-refractivity contribution >= 4 is 5.97 Å². The highest BCUT2D eigenvalue weighted by Gasteiger charge is 2.24. The zero-order valence-corrected chi connectivity index (χ0v) is 25.3. The first-order chi connectivity index (χ1) is 18.1. The standard InChI is InChI=1S/C33H66O4/c1-4-7-9-10-11-12-13-14-15-16-17-18-19-20-21-22-23-24-26-31(27-30(6-3)25-8-5-2)33(36)37-29-32(35)28-34/h30-32,34-35H,4-29H2,1-3H3. The van der Waals surface area contributed by atoms with E-state index in [0.717, 1.165) is 25.7 Å². The van der Waals surface area contributed by atoms with Gasteiger partial charge in [-0.1, -0.05) is 162 Å². The first-order valence-corrected chi connectivity index (χ1v) is 16.5. The highest BCUT2D eigenvalue weighted by Crippen LogP contribution is 2.26. The van der Waals surface area contributed by atoms with Crippen molar-refractivity contribution in [3.8, 4) is 0 Å². The van der Waals surface area contributed by atoms with Gasteiger partial charge in [-0.3, -0.25) is 4.79 Å². The summed E-state index contributed by atoms with van der Waals surface area (Å²) in [5, 5.41) is 18.5. The Morgan fingerprint density at radius 3 is 1.46 bits per heavy atom. The summed E-state index contributed by atoms with van der Waals surface area (Å²) >= 11 is 0. The van der Waals surface area contributed by atoms with Crippen molar-refractivity contribution in [2.75, 3.05) is 13.2 Å². The molecule has 3 atom stereocenters. The van der Waals surface area contributed by atoms with E-state index in [9.17, 15) is 9.90 Å². The predicted molar refractivity (Wildman–Crippen MR) is 159 cm³/mol. The summed E-state index contributed by atoms with van der Waals surface area (Å²) in [6.45, 7) is 6.25. The van der Waals surface area contributed by atoms with Crippen LogP contribution in [0.1, 0.15) is 175 Å². The fourth-order valence-electron chi connectivity index (χ4n) is 5.36. The van der Waals surface area contributed by atoms with Crippen molar-refractivity contribution in [1.82, 2.24) is 0 Å². The van der Waals surface area contributed by atoms with Gasteiger partial charge in [0.2, 0.25) is 0 Å². The predicted octanol–water partition coefficient (Wildman–Crippen LogP) is 9.54. The molecule has 3 unspecified atom stereocenters. The van der Waals surface area contributed by atoms with Gasteiger partial charge >= 0.3 is 5.97 Å². The van der Waals surface area contributed by atoms with Crippen molar-refractivity contribution in [3.63, 3.8) is 0 Å². The van der Waals surface area contributed by atoms with Crippen molar-refractivity contribution in [3.05, 3.63) is 0 Å². The average Bonchev–Trinajstić information content (AvgIpc) is 2.91. The molecule has 2 N–H and O–H groups in total. The van der Waals surface area contributed by atoms with Gasteiger partial charge in [0.05, 0.1) is 12.5 Å². The summed E-state index contributed by atoms with van der Waals surface area (Å²) in [5.74, 6) is 0.305. The summed E-state index contributed by atoms with van der Waals surface area (Å²) in [4.78, 5) is 12.7. The second-order valence-electron chi connectivity index (χ2n) is 11.6. The Morgan fingerprint density at radius 2 is 1.05 bits per heavy atom. The van der Waals surface area contributed by atoms with Crippen LogP contribution in [0.5, 0.6) is 0 Å². The van der Waals surface area contributed by atoms with Crippen LogP contribution >= 0.6 is 0 Å². The van der Waals surface area contributed by atoms with Gasteiger partial charge in [0, 0.05) is 0 Å². The largest absolute Gasteiger partial charge is 0.463 e. The Labute approximate surface area is 231 Å². The zero-order chi connectivity index (χ0) is 27.4. The average molecular weight is 527 g/mol. The molecule has 0 aliphatic carbocycles. The third-order valence-electron chi connectivity index (χ3n) is 8.03. The van der Waals surface area contributed by atoms with Gasteiger partial charge in [0.1, 0.15) is 12.7 Å². The Balaban J connectivity index is 3.85. The van der Waals surface area contributed by atoms with E-state index in [1.807, 2.05) is 0 Å². The topological polar surface area (TPSA) is 66.8 Å². The number of hydrogen-bond acceptors (Lipinski definition) is 4. The van der Waals surface area contributed by atoms with E-state index in [4.69, 9.17) is 9.84 Å². The summed E-state index contributed by atoms with van der Waals surface area (Å²) in [7, 11) is 0. The molecule has 0 aliphatic heterocycles. The quantitative estimate of drug-likeness (QED) is 0.0752. The van der Waals surface area contributed by atoms with Crippen LogP contribution in [0.25, 0.3) is 0 Å². The lowest BCUT2D eigenvalue weighted by atomic mass is 9.86. The van der Waals surface area contributed by atoms with Crippen LogP contribution in [0, 0.1) is 11.8 Å². The lowest BCUT2D eigenvalue weighted by Gasteiger charge is -2.22. The summed E-state index contributed by atoms with van der Waals surface area (Å²) in [6.07, 6.45) is 30.0. The number of ether oxygens (including phenoxy) is 1. The van der Waals surface area contributed by atoms with Gasteiger partial charge < -0.3 is 14.9 Å². The number of aliphatic hydroxyl groups is 2. The Hall–Kier alpha value is -0.610. The van der Waals surface area contributed by atoms with Crippen LogP contribution in [0.15, 0.2) is 0 Å². The second kappa shape index (κ2) is 28.4. The highest BCUT2D eigenvalue weighted by atomic mass is 16.5. The molecule has 0 fully saturated rings. The number of carbonyl (C=O) groups is 1. The Bertz CT molecular complexity index is 467. The fraction of sp³-hybridized carbons (Fsp3) is 0.970. The maximum absolute atomic E-state index is 12.7. The Morgan fingerprint density at radius 1 is 0.622 bits per heavy atom. The van der Waals surface area contributed by atoms with Crippen LogP contribution in [-0.2, 0) is 9.53 Å². The van der Waals surface area contributed by atoms with Crippen molar-refractivity contribution < 1.29 is 19.7 Å². The number of aliphatic hydroxyl groups excluding tert-OH is 2. The molecule has 4 heteroatoms. The zero-order valence-electron chi connectivity index (χ0n) is 25.3. The lowest BCUT2D eigenvalue weighted by molar-refractivity contribution is -0.153. The minimum absolute atomic E-state index is 0.0752. The molecule has 37 heavy (non-hydrogen) atoms. The van der Waals surface area contributed by atoms with E-state index in [1.165, 1.54) is 128 Å². The molecule has 0 heterocycles. The summed E-state index contributed by atoms with van der Waals surface area (Å²) in [6, 6.07) is 0. The molecule has 0 aliphatic rings. The van der Waals surface area contributed by atoms with E-state index < -0.39 is 6.10 Å². The third kappa shape index (κ3) is 24.2. The molecule has 0 rings (SSSR count). The molecular weight excluding hydrogens is 460 g/mol. The Kier molecular flexibility index (Phi) is 27.9. The molecule has 4 nitrogen and oxygen atoms in total. The van der Waals surface area contributed by atoms with E-state index >= 15 is 0 Å². The molecule has 0 bridgehead atoms. The molecular formula is C33H66O4. The van der Waals surface area contributed by atoms with E-state index in [-0.39, 0.29) is 25.1 Å². The number of esters is 1. The van der Waals surface area contributed by atoms with Crippen molar-refractivity contribution in [2.45, 2.75) is 181 Å². The summed E-state index contributed by atoms with van der Waals surface area (Å²) in [5.41, 5.74) is 0. The molecule has 0 aromatic carbocycles. The molecule has 0 aromatic rings. The third-order valence-corrected chi connectivity index (χ3v) is 8.03. The maximum atomic E-state index is 12.7. The molecule has 0 saturated heterocycles. The summed E-state index contributed by atoms with van der Waals surface area (Å²) < 4.78 is 5.35. The monoisotopic (exact) mass is 526 g/mol. The molecule has 0 spiro atoms. The van der Waals surface area contributed by atoms with Crippen LogP contribution in [0.3, 0.4) is 0 Å². The van der Waals surface area contributed by atoms with Crippen molar-refractivity contribution in [2.24, 2.45) is 11.8 Å². The second-order valence-corrected chi connectivity index (χ2v) is 11.6. The molecule has 0 saturated carbocycles. The van der Waals surface area contributed by atoms with E-state index in [1.54, 1.807) is 0 Å². The molecule has 0 radical (unpaired) electrons.